The molecule has 0 heterocycles. The highest BCUT2D eigenvalue weighted by atomic mass is 32.2. The van der Waals surface area contributed by atoms with Crippen molar-refractivity contribution in [1.29, 1.82) is 0 Å². The van der Waals surface area contributed by atoms with Gasteiger partial charge in [-0.2, -0.15) is 18.0 Å². The van der Waals surface area contributed by atoms with Crippen molar-refractivity contribution >= 4 is 10.0 Å². The standard InChI is InChI=1S/C15H11F6NO3S/c16-14(17,18)13-9-5-4-6-11(13)10-22(25-15(19,20)21)26(23,24)12-7-2-1-3-8-12/h1-9H,10H2. The number of hydrogen-bond donors (Lipinski definition) is 0. The molecule has 0 saturated carbocycles. The van der Waals surface area contributed by atoms with Crippen molar-refractivity contribution in [3.63, 3.8) is 0 Å². The van der Waals surface area contributed by atoms with Crippen LogP contribution in [0, 0.1) is 0 Å². The van der Waals surface area contributed by atoms with Gasteiger partial charge in [-0.1, -0.05) is 40.9 Å². The van der Waals surface area contributed by atoms with Crippen molar-refractivity contribution in [3.05, 3.63) is 65.7 Å². The largest absolute Gasteiger partial charge is 0.540 e. The minimum atomic E-state index is -5.42. The zero-order valence-electron chi connectivity index (χ0n) is 12.8. The highest BCUT2D eigenvalue weighted by molar-refractivity contribution is 7.89. The van der Waals surface area contributed by atoms with Gasteiger partial charge in [-0.05, 0) is 23.8 Å². The molecule has 0 amide bonds. The first-order valence-corrected chi connectivity index (χ1v) is 8.34. The predicted octanol–water partition coefficient (Wildman–Crippen LogP) is 4.35. The molecule has 0 atom stereocenters. The van der Waals surface area contributed by atoms with Crippen LogP contribution < -0.4 is 0 Å². The molecule has 142 valence electrons. The van der Waals surface area contributed by atoms with Crippen LogP contribution in [-0.2, 0) is 27.6 Å². The molecule has 0 spiro atoms. The quantitative estimate of drug-likeness (QED) is 0.555. The van der Waals surface area contributed by atoms with Gasteiger partial charge in [0.2, 0.25) is 0 Å². The Balaban J connectivity index is 2.49. The van der Waals surface area contributed by atoms with Gasteiger partial charge >= 0.3 is 12.5 Å². The van der Waals surface area contributed by atoms with Gasteiger partial charge in [0.05, 0.1) is 17.0 Å². The summed E-state index contributed by atoms with van der Waals surface area (Å²) in [7, 11) is -4.87. The minimum absolute atomic E-state index is 0.507. The van der Waals surface area contributed by atoms with Gasteiger partial charge in [0.15, 0.2) is 0 Å². The van der Waals surface area contributed by atoms with Crippen LogP contribution in [0.3, 0.4) is 0 Å². The van der Waals surface area contributed by atoms with Crippen molar-refractivity contribution in [3.8, 4) is 0 Å². The van der Waals surface area contributed by atoms with E-state index in [4.69, 9.17) is 0 Å². The summed E-state index contributed by atoms with van der Waals surface area (Å²) in [6, 6.07) is 9.61. The molecule has 0 aliphatic heterocycles. The molecule has 0 aliphatic carbocycles. The van der Waals surface area contributed by atoms with E-state index in [1.807, 2.05) is 0 Å². The molecule has 0 aliphatic rings. The molecule has 11 heteroatoms. The molecule has 0 aromatic heterocycles. The molecule has 2 rings (SSSR count). The number of rotatable bonds is 5. The number of nitrogens with zero attached hydrogens (tertiary/aromatic N) is 1. The van der Waals surface area contributed by atoms with Crippen LogP contribution in [-0.4, -0.2) is 19.2 Å². The smallest absolute Gasteiger partial charge is 0.205 e. The van der Waals surface area contributed by atoms with Crippen LogP contribution >= 0.6 is 0 Å². The minimum Gasteiger partial charge on any atom is -0.205 e. The lowest BCUT2D eigenvalue weighted by atomic mass is 10.1. The summed E-state index contributed by atoms with van der Waals surface area (Å²) in [6.07, 6.45) is -10.3. The monoisotopic (exact) mass is 399 g/mol. The number of hydrogen-bond acceptors (Lipinski definition) is 3. The van der Waals surface area contributed by atoms with Crippen LogP contribution in [0.1, 0.15) is 11.1 Å². The molecule has 0 saturated heterocycles. The first kappa shape index (κ1) is 20.2. The lowest BCUT2D eigenvalue weighted by Crippen LogP contribution is -2.36. The van der Waals surface area contributed by atoms with Crippen molar-refractivity contribution in [2.24, 2.45) is 0 Å². The average Bonchev–Trinajstić information content (AvgIpc) is 2.53. The van der Waals surface area contributed by atoms with Gasteiger partial charge in [-0.3, -0.25) is 0 Å². The Morgan fingerprint density at radius 2 is 1.38 bits per heavy atom. The summed E-state index contributed by atoms with van der Waals surface area (Å²) in [5.74, 6) is 0. The van der Waals surface area contributed by atoms with E-state index in [2.05, 4.69) is 4.84 Å². The molecule has 0 unspecified atom stereocenters. The second kappa shape index (κ2) is 7.25. The number of sulfonamides is 1. The summed E-state index contributed by atoms with van der Waals surface area (Å²) in [4.78, 5) is 2.95. The topological polar surface area (TPSA) is 46.6 Å². The van der Waals surface area contributed by atoms with Crippen molar-refractivity contribution < 1.29 is 39.6 Å². The van der Waals surface area contributed by atoms with Gasteiger partial charge in [-0.15, -0.1) is 13.2 Å². The van der Waals surface area contributed by atoms with E-state index in [0.29, 0.717) is 6.07 Å². The van der Waals surface area contributed by atoms with E-state index in [1.165, 1.54) is 18.2 Å². The van der Waals surface area contributed by atoms with E-state index >= 15 is 0 Å². The third-order valence-electron chi connectivity index (χ3n) is 3.14. The van der Waals surface area contributed by atoms with E-state index < -0.39 is 49.6 Å². The van der Waals surface area contributed by atoms with Gasteiger partial charge in [0.25, 0.3) is 10.0 Å². The molecule has 2 aromatic carbocycles. The van der Waals surface area contributed by atoms with Crippen LogP contribution in [0.5, 0.6) is 0 Å². The summed E-state index contributed by atoms with van der Waals surface area (Å²) < 4.78 is 101. The highest BCUT2D eigenvalue weighted by Gasteiger charge is 2.41. The molecular weight excluding hydrogens is 388 g/mol. The summed E-state index contributed by atoms with van der Waals surface area (Å²) in [5, 5.41) is 0. The second-order valence-corrected chi connectivity index (χ2v) is 6.80. The normalized spacial score (nSPS) is 13.2. The van der Waals surface area contributed by atoms with Crippen LogP contribution in [0.4, 0.5) is 26.3 Å². The number of hydroxylamine groups is 1. The Morgan fingerprint density at radius 3 is 1.92 bits per heavy atom. The predicted molar refractivity (Wildman–Crippen MR) is 77.8 cm³/mol. The maximum absolute atomic E-state index is 13.0. The van der Waals surface area contributed by atoms with Crippen molar-refractivity contribution in [2.45, 2.75) is 24.0 Å². The van der Waals surface area contributed by atoms with Crippen molar-refractivity contribution in [1.82, 2.24) is 4.47 Å². The maximum Gasteiger partial charge on any atom is 0.540 e. The fourth-order valence-corrected chi connectivity index (χ4v) is 3.29. The lowest BCUT2D eigenvalue weighted by Gasteiger charge is -2.24. The molecule has 0 radical (unpaired) electrons. The van der Waals surface area contributed by atoms with Gasteiger partial charge in [-0.25, -0.2) is 8.42 Å². The third kappa shape index (κ3) is 4.96. The Kier molecular flexibility index (Phi) is 5.64. The molecule has 0 fully saturated rings. The fraction of sp³-hybridized carbons (Fsp3) is 0.200. The first-order chi connectivity index (χ1) is 11.9. The average molecular weight is 399 g/mol. The molecular formula is C15H11F6NO3S. The first-order valence-electron chi connectivity index (χ1n) is 6.90. The Hall–Kier alpha value is -2.11. The summed E-state index contributed by atoms with van der Waals surface area (Å²) in [5.41, 5.74) is -1.96. The zero-order chi connectivity index (χ0) is 19.6. The second-order valence-electron chi connectivity index (χ2n) is 4.97. The van der Waals surface area contributed by atoms with Crippen LogP contribution in [0.2, 0.25) is 0 Å². The zero-order valence-corrected chi connectivity index (χ0v) is 13.6. The molecule has 2 aromatic rings. The Labute approximate surface area is 144 Å². The van der Waals surface area contributed by atoms with Gasteiger partial charge in [0.1, 0.15) is 0 Å². The van der Waals surface area contributed by atoms with Gasteiger partial charge < -0.3 is 0 Å². The van der Waals surface area contributed by atoms with Crippen LogP contribution in [0.25, 0.3) is 0 Å². The maximum atomic E-state index is 13.0. The number of benzene rings is 2. The molecule has 0 bridgehead atoms. The Bertz CT molecular complexity index is 850. The molecule has 26 heavy (non-hydrogen) atoms. The van der Waals surface area contributed by atoms with Gasteiger partial charge in [0, 0.05) is 0 Å². The van der Waals surface area contributed by atoms with E-state index in [9.17, 15) is 34.8 Å². The summed E-state index contributed by atoms with van der Waals surface area (Å²) >= 11 is 0. The number of halogens is 6. The molecule has 4 nitrogen and oxygen atoms in total. The van der Waals surface area contributed by atoms with E-state index in [-0.39, 0.29) is 0 Å². The summed E-state index contributed by atoms with van der Waals surface area (Å²) in [6.45, 7) is -1.29. The highest BCUT2D eigenvalue weighted by Crippen LogP contribution is 2.34. The van der Waals surface area contributed by atoms with E-state index in [1.54, 1.807) is 0 Å². The van der Waals surface area contributed by atoms with Crippen LogP contribution in [0.15, 0.2) is 59.5 Å². The SMILES string of the molecule is O=S(=O)(c1ccccc1)N(Cc1ccccc1C(F)(F)F)OC(F)(F)F. The third-order valence-corrected chi connectivity index (χ3v) is 4.74. The molecule has 0 N–H and O–H groups in total. The van der Waals surface area contributed by atoms with E-state index in [0.717, 1.165) is 30.3 Å². The fourth-order valence-electron chi connectivity index (χ4n) is 2.07. The lowest BCUT2D eigenvalue weighted by molar-refractivity contribution is -0.392. The van der Waals surface area contributed by atoms with Crippen molar-refractivity contribution in [2.75, 3.05) is 0 Å². The number of alkyl halides is 6. The Morgan fingerprint density at radius 1 is 0.846 bits per heavy atom.